The molecule has 0 aliphatic heterocycles. The van der Waals surface area contributed by atoms with Crippen LogP contribution in [0.1, 0.15) is 12.0 Å². The fourth-order valence-corrected chi connectivity index (χ4v) is 3.30. The number of allylic oxidation sites excluding steroid dienone is 3. The minimum Gasteiger partial charge on any atom is -0.458 e. The van der Waals surface area contributed by atoms with Crippen molar-refractivity contribution in [1.29, 1.82) is 5.26 Å². The normalized spacial score (nSPS) is 20.8. The van der Waals surface area contributed by atoms with E-state index in [0.717, 1.165) is 17.1 Å². The van der Waals surface area contributed by atoms with Gasteiger partial charge in [-0.15, -0.1) is 0 Å². The van der Waals surface area contributed by atoms with Crippen molar-refractivity contribution in [2.75, 3.05) is 0 Å². The zero-order valence-corrected chi connectivity index (χ0v) is 14.1. The Labute approximate surface area is 149 Å². The monoisotopic (exact) mass is 354 g/mol. The van der Waals surface area contributed by atoms with E-state index in [9.17, 15) is 5.26 Å². The van der Waals surface area contributed by atoms with Crippen LogP contribution in [-0.4, -0.2) is 4.98 Å². The van der Waals surface area contributed by atoms with E-state index in [4.69, 9.17) is 27.9 Å². The van der Waals surface area contributed by atoms with Gasteiger partial charge in [-0.05, 0) is 60.7 Å². The Morgan fingerprint density at radius 1 is 1.17 bits per heavy atom. The predicted octanol–water partition coefficient (Wildman–Crippen LogP) is 5.40. The maximum Gasteiger partial charge on any atom is 0.131 e. The number of halogens is 2. The molecule has 1 aromatic heterocycles. The molecule has 0 amide bonds. The van der Waals surface area contributed by atoms with Crippen LogP contribution in [0.15, 0.2) is 54.3 Å². The molecular formula is C19H12Cl2N2O. The molecular weight excluding hydrogens is 343 g/mol. The van der Waals surface area contributed by atoms with Crippen LogP contribution in [0, 0.1) is 23.2 Å². The Bertz CT molecular complexity index is 910. The summed E-state index contributed by atoms with van der Waals surface area (Å²) in [4.78, 5) is 4.23. The highest BCUT2D eigenvalue weighted by Crippen LogP contribution is 2.44. The first-order chi connectivity index (χ1) is 11.6. The number of nitriles is 1. The molecule has 0 spiro atoms. The highest BCUT2D eigenvalue weighted by atomic mass is 35.5. The molecule has 1 heterocycles. The number of hydrogen-bond acceptors (Lipinski definition) is 3. The molecule has 0 bridgehead atoms. The van der Waals surface area contributed by atoms with Crippen molar-refractivity contribution >= 4 is 23.2 Å². The largest absolute Gasteiger partial charge is 0.458 e. The van der Waals surface area contributed by atoms with Gasteiger partial charge in [0.15, 0.2) is 0 Å². The van der Waals surface area contributed by atoms with Gasteiger partial charge in [-0.25, -0.2) is 4.98 Å². The Hall–Kier alpha value is -2.28. The van der Waals surface area contributed by atoms with E-state index in [-0.39, 0.29) is 5.15 Å². The van der Waals surface area contributed by atoms with Crippen molar-refractivity contribution in [2.45, 2.75) is 6.42 Å². The third-order valence-corrected chi connectivity index (χ3v) is 4.68. The van der Waals surface area contributed by atoms with Crippen molar-refractivity contribution in [3.8, 4) is 23.1 Å². The van der Waals surface area contributed by atoms with E-state index < -0.39 is 0 Å². The van der Waals surface area contributed by atoms with Crippen LogP contribution in [0.25, 0.3) is 11.3 Å². The molecule has 1 aromatic carbocycles. The number of hydrogen-bond donors (Lipinski definition) is 0. The number of nitrogens with zero attached hydrogens (tertiary/aromatic N) is 2. The lowest BCUT2D eigenvalue weighted by atomic mass is 10.1. The summed E-state index contributed by atoms with van der Waals surface area (Å²) < 4.78 is 5.88. The second-order valence-electron chi connectivity index (χ2n) is 5.88. The van der Waals surface area contributed by atoms with Crippen LogP contribution in [0.2, 0.25) is 10.2 Å². The zero-order valence-electron chi connectivity index (χ0n) is 12.5. The molecule has 0 N–H and O–H groups in total. The first-order valence-electron chi connectivity index (χ1n) is 7.58. The van der Waals surface area contributed by atoms with E-state index in [2.05, 4.69) is 23.2 Å². The molecule has 1 saturated carbocycles. The average molecular weight is 355 g/mol. The van der Waals surface area contributed by atoms with Crippen LogP contribution in [0.4, 0.5) is 0 Å². The van der Waals surface area contributed by atoms with Crippen molar-refractivity contribution in [3.63, 3.8) is 0 Å². The summed E-state index contributed by atoms with van der Waals surface area (Å²) in [7, 11) is 0. The molecule has 2 unspecified atom stereocenters. The SMILES string of the molecule is N#Cc1c(Cl)cc(Cl)nc1-c1ccc(OC2=CC3CC3C=C2)cc1. The van der Waals surface area contributed by atoms with E-state index in [1.165, 1.54) is 12.5 Å². The van der Waals surface area contributed by atoms with Crippen LogP contribution < -0.4 is 4.74 Å². The minimum absolute atomic E-state index is 0.255. The van der Waals surface area contributed by atoms with Crippen LogP contribution >= 0.6 is 23.2 Å². The summed E-state index contributed by atoms with van der Waals surface area (Å²) in [6.45, 7) is 0. The summed E-state index contributed by atoms with van der Waals surface area (Å²) in [5, 5.41) is 9.84. The molecule has 0 saturated heterocycles. The van der Waals surface area contributed by atoms with E-state index in [1.54, 1.807) is 0 Å². The van der Waals surface area contributed by atoms with Gasteiger partial charge < -0.3 is 4.74 Å². The van der Waals surface area contributed by atoms with Gasteiger partial charge in [-0.1, -0.05) is 29.3 Å². The summed E-state index contributed by atoms with van der Waals surface area (Å²) in [5.41, 5.74) is 1.55. The molecule has 2 atom stereocenters. The Kier molecular flexibility index (Phi) is 3.80. The lowest BCUT2D eigenvalue weighted by Crippen LogP contribution is -1.97. The average Bonchev–Trinajstić information content (AvgIpc) is 3.33. The Morgan fingerprint density at radius 3 is 2.67 bits per heavy atom. The van der Waals surface area contributed by atoms with Crippen LogP contribution in [-0.2, 0) is 0 Å². The van der Waals surface area contributed by atoms with Crippen molar-refractivity contribution in [3.05, 3.63) is 70.1 Å². The quantitative estimate of drug-likeness (QED) is 0.693. The number of benzene rings is 1. The van der Waals surface area contributed by atoms with Gasteiger partial charge in [0.05, 0.1) is 16.3 Å². The second-order valence-corrected chi connectivity index (χ2v) is 6.67. The number of pyridine rings is 1. The van der Waals surface area contributed by atoms with Gasteiger partial charge >= 0.3 is 0 Å². The number of aromatic nitrogens is 1. The lowest BCUT2D eigenvalue weighted by Gasteiger charge is -2.10. The Morgan fingerprint density at radius 2 is 1.96 bits per heavy atom. The highest BCUT2D eigenvalue weighted by Gasteiger charge is 2.35. The first-order valence-corrected chi connectivity index (χ1v) is 8.34. The van der Waals surface area contributed by atoms with Gasteiger partial charge in [0, 0.05) is 5.56 Å². The van der Waals surface area contributed by atoms with Gasteiger partial charge in [0.25, 0.3) is 0 Å². The summed E-state index contributed by atoms with van der Waals surface area (Å²) in [5.74, 6) is 2.96. The highest BCUT2D eigenvalue weighted by molar-refractivity contribution is 6.35. The molecule has 2 aromatic rings. The van der Waals surface area contributed by atoms with Crippen molar-refractivity contribution in [1.82, 2.24) is 4.98 Å². The lowest BCUT2D eigenvalue weighted by molar-refractivity contribution is 0.438. The number of ether oxygens (including phenoxy) is 1. The predicted molar refractivity (Wildman–Crippen MR) is 93.9 cm³/mol. The first kappa shape index (κ1) is 15.3. The molecule has 24 heavy (non-hydrogen) atoms. The van der Waals surface area contributed by atoms with Gasteiger partial charge in [0.2, 0.25) is 0 Å². The van der Waals surface area contributed by atoms with Crippen molar-refractivity contribution in [2.24, 2.45) is 11.8 Å². The van der Waals surface area contributed by atoms with Gasteiger partial charge in [-0.3, -0.25) is 0 Å². The molecule has 118 valence electrons. The van der Waals surface area contributed by atoms with Crippen LogP contribution in [0.3, 0.4) is 0 Å². The second kappa shape index (κ2) is 5.98. The maximum absolute atomic E-state index is 9.29. The molecule has 3 nitrogen and oxygen atoms in total. The summed E-state index contributed by atoms with van der Waals surface area (Å²) in [6.07, 6.45) is 7.62. The zero-order chi connectivity index (χ0) is 16.7. The molecule has 2 aliphatic carbocycles. The molecule has 4 rings (SSSR count). The van der Waals surface area contributed by atoms with Gasteiger partial charge in [0.1, 0.15) is 22.7 Å². The maximum atomic E-state index is 9.29. The molecule has 1 fully saturated rings. The molecule has 5 heteroatoms. The standard InChI is InChI=1S/C19H12Cl2N2O/c20-17-9-18(21)23-19(16(17)10-22)11-1-4-14(5-2-11)24-15-6-3-12-7-13(12)8-15/h1-6,8-9,12-13H,7H2. The van der Waals surface area contributed by atoms with Gasteiger partial charge in [-0.2, -0.15) is 5.26 Å². The smallest absolute Gasteiger partial charge is 0.131 e. The number of fused-ring (bicyclic) bond motifs is 1. The fraction of sp³-hybridized carbons (Fsp3) is 0.158. The van der Waals surface area contributed by atoms with E-state index in [1.807, 2.05) is 30.3 Å². The fourth-order valence-electron chi connectivity index (χ4n) is 2.82. The minimum atomic E-state index is 0.255. The molecule has 2 aliphatic rings. The third kappa shape index (κ3) is 2.91. The van der Waals surface area contributed by atoms with Crippen LogP contribution in [0.5, 0.6) is 5.75 Å². The topological polar surface area (TPSA) is 45.9 Å². The molecule has 0 radical (unpaired) electrons. The number of rotatable bonds is 3. The third-order valence-electron chi connectivity index (χ3n) is 4.19. The van der Waals surface area contributed by atoms with E-state index >= 15 is 0 Å². The van der Waals surface area contributed by atoms with E-state index in [0.29, 0.717) is 28.1 Å². The van der Waals surface area contributed by atoms with Crippen molar-refractivity contribution < 1.29 is 4.74 Å². The summed E-state index contributed by atoms with van der Waals surface area (Å²) in [6, 6.07) is 10.9. The summed E-state index contributed by atoms with van der Waals surface area (Å²) >= 11 is 12.0. The Balaban J connectivity index is 1.60.